The number of carbonyl (C=O) groups is 1. The number of carbonyl (C=O) groups excluding carboxylic acids is 1. The zero-order valence-electron chi connectivity index (χ0n) is 11.0. The van der Waals surface area contributed by atoms with E-state index in [1.165, 1.54) is 5.56 Å². The predicted molar refractivity (Wildman–Crippen MR) is 87.6 cm³/mol. The molecule has 0 spiro atoms. The van der Waals surface area contributed by atoms with Gasteiger partial charge in [-0.2, -0.15) is 0 Å². The van der Waals surface area contributed by atoms with Crippen LogP contribution in [-0.4, -0.2) is 5.91 Å². The Hall–Kier alpha value is -1.36. The van der Waals surface area contributed by atoms with E-state index in [9.17, 15) is 4.79 Å². The van der Waals surface area contributed by atoms with Gasteiger partial charge in [-0.05, 0) is 64.4 Å². The Morgan fingerprint density at radius 1 is 1.11 bits per heavy atom. The molecule has 0 aromatic heterocycles. The average Bonchev–Trinajstić information content (AvgIpc) is 2.39. The zero-order chi connectivity index (χ0) is 13.8. The Labute approximate surface area is 127 Å². The van der Waals surface area contributed by atoms with Crippen molar-refractivity contribution in [2.75, 3.05) is 5.32 Å². The zero-order valence-corrected chi connectivity index (χ0v) is 13.1. The van der Waals surface area contributed by atoms with Crippen molar-refractivity contribution in [2.24, 2.45) is 0 Å². The van der Waals surface area contributed by atoms with Crippen LogP contribution >= 0.6 is 22.6 Å². The van der Waals surface area contributed by atoms with Gasteiger partial charge in [0.1, 0.15) is 0 Å². The van der Waals surface area contributed by atoms with Crippen LogP contribution in [0.5, 0.6) is 0 Å². The first-order valence-electron chi connectivity index (χ1n) is 6.23. The number of rotatable bonds is 3. The number of benzene rings is 2. The molecule has 0 unspecified atom stereocenters. The molecule has 0 aliphatic rings. The molecule has 2 aromatic rings. The molecule has 2 aromatic carbocycles. The van der Waals surface area contributed by atoms with Gasteiger partial charge in [0.05, 0.1) is 0 Å². The summed E-state index contributed by atoms with van der Waals surface area (Å²) in [6.45, 7) is 4.30. The van der Waals surface area contributed by atoms with Crippen molar-refractivity contribution >= 4 is 34.2 Å². The van der Waals surface area contributed by atoms with Gasteiger partial charge in [0.2, 0.25) is 0 Å². The van der Waals surface area contributed by atoms with E-state index in [0.29, 0.717) is 11.5 Å². The van der Waals surface area contributed by atoms with E-state index in [1.54, 1.807) is 0 Å². The molecule has 0 bridgehead atoms. The molecule has 98 valence electrons. The normalized spacial score (nSPS) is 10.5. The van der Waals surface area contributed by atoms with E-state index in [2.05, 4.69) is 53.9 Å². The van der Waals surface area contributed by atoms with Gasteiger partial charge in [-0.1, -0.05) is 32.0 Å². The van der Waals surface area contributed by atoms with Crippen molar-refractivity contribution in [3.8, 4) is 0 Å². The van der Waals surface area contributed by atoms with Gasteiger partial charge >= 0.3 is 0 Å². The van der Waals surface area contributed by atoms with Gasteiger partial charge in [0, 0.05) is 14.8 Å². The molecular weight excluding hydrogens is 349 g/mol. The first-order chi connectivity index (χ1) is 9.06. The summed E-state index contributed by atoms with van der Waals surface area (Å²) >= 11 is 2.20. The second-order valence-corrected chi connectivity index (χ2v) is 5.99. The van der Waals surface area contributed by atoms with Gasteiger partial charge in [-0.25, -0.2) is 0 Å². The lowest BCUT2D eigenvalue weighted by atomic mass is 10.0. The highest BCUT2D eigenvalue weighted by atomic mass is 127. The number of nitrogens with one attached hydrogen (secondary N) is 1. The smallest absolute Gasteiger partial charge is 0.255 e. The Bertz CT molecular complexity index is 576. The summed E-state index contributed by atoms with van der Waals surface area (Å²) in [7, 11) is 0. The minimum absolute atomic E-state index is 0.0733. The molecule has 1 amide bonds. The lowest BCUT2D eigenvalue weighted by molar-refractivity contribution is 0.102. The van der Waals surface area contributed by atoms with Gasteiger partial charge in [0.15, 0.2) is 0 Å². The van der Waals surface area contributed by atoms with Crippen LogP contribution < -0.4 is 5.32 Å². The quantitative estimate of drug-likeness (QED) is 0.788. The number of amides is 1. The molecule has 19 heavy (non-hydrogen) atoms. The fraction of sp³-hybridized carbons (Fsp3) is 0.188. The van der Waals surface area contributed by atoms with E-state index in [4.69, 9.17) is 0 Å². The number of hydrogen-bond donors (Lipinski definition) is 1. The highest BCUT2D eigenvalue weighted by Gasteiger charge is 2.06. The van der Waals surface area contributed by atoms with E-state index in [0.717, 1.165) is 9.26 Å². The second kappa shape index (κ2) is 6.19. The van der Waals surface area contributed by atoms with E-state index in [-0.39, 0.29) is 5.91 Å². The van der Waals surface area contributed by atoms with Crippen LogP contribution in [0.15, 0.2) is 48.5 Å². The van der Waals surface area contributed by atoms with Crippen molar-refractivity contribution in [2.45, 2.75) is 19.8 Å². The van der Waals surface area contributed by atoms with Crippen molar-refractivity contribution in [1.82, 2.24) is 0 Å². The number of anilines is 1. The average molecular weight is 365 g/mol. The van der Waals surface area contributed by atoms with E-state index >= 15 is 0 Å². The molecular formula is C16H16INO. The third-order valence-corrected chi connectivity index (χ3v) is 3.59. The fourth-order valence-electron chi connectivity index (χ4n) is 1.78. The minimum Gasteiger partial charge on any atom is -0.322 e. The third kappa shape index (κ3) is 3.80. The minimum atomic E-state index is -0.0733. The van der Waals surface area contributed by atoms with Crippen LogP contribution in [0.3, 0.4) is 0 Å². The van der Waals surface area contributed by atoms with Crippen LogP contribution in [0.1, 0.15) is 35.7 Å². The maximum Gasteiger partial charge on any atom is 0.255 e. The molecule has 0 atom stereocenters. The summed E-state index contributed by atoms with van der Waals surface area (Å²) < 4.78 is 1.06. The number of halogens is 1. The Balaban J connectivity index is 2.10. The van der Waals surface area contributed by atoms with Gasteiger partial charge in [0.25, 0.3) is 5.91 Å². The Morgan fingerprint density at radius 3 is 2.37 bits per heavy atom. The van der Waals surface area contributed by atoms with Crippen LogP contribution in [0, 0.1) is 3.57 Å². The summed E-state index contributed by atoms with van der Waals surface area (Å²) in [5.74, 6) is 0.427. The first-order valence-corrected chi connectivity index (χ1v) is 7.31. The fourth-order valence-corrected chi connectivity index (χ4v) is 2.33. The molecule has 0 heterocycles. The van der Waals surface area contributed by atoms with Crippen LogP contribution in [0.4, 0.5) is 5.69 Å². The summed E-state index contributed by atoms with van der Waals surface area (Å²) in [5.41, 5.74) is 2.78. The largest absolute Gasteiger partial charge is 0.322 e. The van der Waals surface area contributed by atoms with Crippen molar-refractivity contribution in [1.29, 1.82) is 0 Å². The molecule has 0 radical (unpaired) electrons. The summed E-state index contributed by atoms with van der Waals surface area (Å²) in [4.78, 5) is 12.1. The molecule has 0 aliphatic carbocycles. The third-order valence-electron chi connectivity index (χ3n) is 2.92. The molecule has 3 heteroatoms. The van der Waals surface area contributed by atoms with Crippen molar-refractivity contribution in [3.63, 3.8) is 0 Å². The van der Waals surface area contributed by atoms with E-state index < -0.39 is 0 Å². The maximum absolute atomic E-state index is 12.1. The van der Waals surface area contributed by atoms with Crippen LogP contribution in [0.2, 0.25) is 0 Å². The topological polar surface area (TPSA) is 29.1 Å². The maximum atomic E-state index is 12.1. The monoisotopic (exact) mass is 365 g/mol. The molecule has 0 aliphatic heterocycles. The van der Waals surface area contributed by atoms with Crippen molar-refractivity contribution in [3.05, 3.63) is 63.2 Å². The second-order valence-electron chi connectivity index (χ2n) is 4.74. The van der Waals surface area contributed by atoms with Crippen molar-refractivity contribution < 1.29 is 4.79 Å². The van der Waals surface area contributed by atoms with Gasteiger partial charge in [-0.3, -0.25) is 4.79 Å². The lowest BCUT2D eigenvalue weighted by Crippen LogP contribution is -2.11. The lowest BCUT2D eigenvalue weighted by Gasteiger charge is -2.08. The predicted octanol–water partition coefficient (Wildman–Crippen LogP) is 4.67. The molecule has 0 saturated carbocycles. The molecule has 2 rings (SSSR count). The summed E-state index contributed by atoms with van der Waals surface area (Å²) in [6, 6.07) is 15.5. The molecule has 0 saturated heterocycles. The highest BCUT2D eigenvalue weighted by molar-refractivity contribution is 14.1. The Kier molecular flexibility index (Phi) is 4.58. The number of hydrogen-bond acceptors (Lipinski definition) is 1. The molecule has 0 fully saturated rings. The summed E-state index contributed by atoms with van der Waals surface area (Å²) in [5, 5.41) is 2.91. The van der Waals surface area contributed by atoms with Gasteiger partial charge < -0.3 is 5.32 Å². The van der Waals surface area contributed by atoms with E-state index in [1.807, 2.05) is 36.4 Å². The first kappa shape index (κ1) is 14.1. The SMILES string of the molecule is CC(C)c1ccc(NC(=O)c2cccc(I)c2)cc1. The standard InChI is InChI=1S/C16H16INO/c1-11(2)12-6-8-15(9-7-12)18-16(19)13-4-3-5-14(17)10-13/h3-11H,1-2H3,(H,18,19). The van der Waals surface area contributed by atoms with Crippen LogP contribution in [-0.2, 0) is 0 Å². The molecule has 2 nitrogen and oxygen atoms in total. The highest BCUT2D eigenvalue weighted by Crippen LogP contribution is 2.18. The Morgan fingerprint density at radius 2 is 1.79 bits per heavy atom. The van der Waals surface area contributed by atoms with Crippen LogP contribution in [0.25, 0.3) is 0 Å². The summed E-state index contributed by atoms with van der Waals surface area (Å²) in [6.07, 6.45) is 0. The van der Waals surface area contributed by atoms with Gasteiger partial charge in [-0.15, -0.1) is 0 Å². The molecule has 1 N–H and O–H groups in total.